The van der Waals surface area contributed by atoms with Gasteiger partial charge in [-0.25, -0.2) is 0 Å². The molecule has 1 aliphatic rings. The first-order chi connectivity index (χ1) is 11.8. The van der Waals surface area contributed by atoms with Gasteiger partial charge >= 0.3 is 0 Å². The fourth-order valence-corrected chi connectivity index (χ4v) is 4.30. The number of fused-ring (bicyclic) bond motifs is 5. The molecule has 4 aromatic rings. The van der Waals surface area contributed by atoms with Crippen LogP contribution in [-0.2, 0) is 6.42 Å². The Morgan fingerprint density at radius 1 is 0.958 bits per heavy atom. The van der Waals surface area contributed by atoms with Crippen LogP contribution >= 0.6 is 0 Å². The number of rotatable bonds is 1. The summed E-state index contributed by atoms with van der Waals surface area (Å²) in [4.78, 5) is 0. The number of hydrogen-bond donors (Lipinski definition) is 1. The third-order valence-electron chi connectivity index (χ3n) is 5.59. The van der Waals surface area contributed by atoms with E-state index in [1.54, 1.807) is 11.1 Å². The van der Waals surface area contributed by atoms with Crippen molar-refractivity contribution in [1.29, 1.82) is 0 Å². The minimum atomic E-state index is 0.692. The topological polar surface area (TPSA) is 28.7 Å². The maximum Gasteiger partial charge on any atom is 0.0565 e. The molecule has 1 aromatic heterocycles. The normalized spacial score (nSPS) is 17.3. The van der Waals surface area contributed by atoms with Crippen molar-refractivity contribution in [2.24, 2.45) is 0 Å². The smallest absolute Gasteiger partial charge is 0.0565 e. The van der Waals surface area contributed by atoms with Crippen LogP contribution in [0.5, 0.6) is 0 Å². The van der Waals surface area contributed by atoms with Crippen molar-refractivity contribution in [3.8, 4) is 11.1 Å². The minimum absolute atomic E-state index is 0.692. The monoisotopic (exact) mass is 312 g/mol. The molecule has 3 aromatic carbocycles. The molecule has 118 valence electrons. The number of hydrogen-bond acceptors (Lipinski definition) is 1. The van der Waals surface area contributed by atoms with Gasteiger partial charge in [0.05, 0.1) is 6.20 Å². The van der Waals surface area contributed by atoms with Crippen molar-refractivity contribution in [2.45, 2.75) is 32.1 Å². The SMILES string of the molecule is CC1CCCc2c1ccc1c2ccc2cc(-c3cn[nH]c3)ccc21. The Kier molecular flexibility index (Phi) is 2.99. The number of aryl methyl sites for hydroxylation is 1. The Hall–Kier alpha value is -2.61. The van der Waals surface area contributed by atoms with Crippen LogP contribution in [-0.4, -0.2) is 10.2 Å². The third kappa shape index (κ3) is 1.99. The summed E-state index contributed by atoms with van der Waals surface area (Å²) in [5, 5.41) is 12.4. The molecule has 2 heteroatoms. The molecule has 0 saturated heterocycles. The van der Waals surface area contributed by atoms with Crippen LogP contribution in [0.3, 0.4) is 0 Å². The molecule has 0 fully saturated rings. The largest absolute Gasteiger partial charge is 0.285 e. The maximum absolute atomic E-state index is 4.06. The first-order valence-corrected chi connectivity index (χ1v) is 8.79. The number of nitrogens with zero attached hydrogens (tertiary/aromatic N) is 1. The summed E-state index contributed by atoms with van der Waals surface area (Å²) >= 11 is 0. The molecule has 0 radical (unpaired) electrons. The van der Waals surface area contributed by atoms with E-state index in [4.69, 9.17) is 0 Å². The Bertz CT molecular complexity index is 1040. The van der Waals surface area contributed by atoms with Gasteiger partial charge in [-0.15, -0.1) is 0 Å². The standard InChI is InChI=1S/C22H20N2/c1-14-3-2-4-20-18(14)9-10-21-19-7-5-15(17-12-23-24-13-17)11-16(19)6-8-22(20)21/h5-14H,2-4H2,1H3,(H,23,24). The molecule has 0 amide bonds. The van der Waals surface area contributed by atoms with Gasteiger partial charge in [0.1, 0.15) is 0 Å². The Morgan fingerprint density at radius 2 is 1.83 bits per heavy atom. The van der Waals surface area contributed by atoms with Gasteiger partial charge in [0.25, 0.3) is 0 Å². The molecule has 24 heavy (non-hydrogen) atoms. The average Bonchev–Trinajstić information content (AvgIpc) is 3.15. The summed E-state index contributed by atoms with van der Waals surface area (Å²) in [7, 11) is 0. The van der Waals surface area contributed by atoms with Crippen LogP contribution in [0.25, 0.3) is 32.7 Å². The lowest BCUT2D eigenvalue weighted by Gasteiger charge is -2.24. The van der Waals surface area contributed by atoms with Gasteiger partial charge in [-0.3, -0.25) is 5.10 Å². The van der Waals surface area contributed by atoms with E-state index < -0.39 is 0 Å². The highest BCUT2D eigenvalue weighted by Gasteiger charge is 2.18. The molecule has 2 nitrogen and oxygen atoms in total. The summed E-state index contributed by atoms with van der Waals surface area (Å²) < 4.78 is 0. The van der Waals surface area contributed by atoms with Crippen molar-refractivity contribution < 1.29 is 0 Å². The van der Waals surface area contributed by atoms with Gasteiger partial charge in [0.2, 0.25) is 0 Å². The molecular formula is C22H20N2. The predicted octanol–water partition coefficient (Wildman–Crippen LogP) is 5.82. The first kappa shape index (κ1) is 13.8. The van der Waals surface area contributed by atoms with Crippen molar-refractivity contribution in [2.75, 3.05) is 0 Å². The van der Waals surface area contributed by atoms with Crippen molar-refractivity contribution in [1.82, 2.24) is 10.2 Å². The fourth-order valence-electron chi connectivity index (χ4n) is 4.30. The first-order valence-electron chi connectivity index (χ1n) is 8.79. The number of nitrogens with one attached hydrogen (secondary N) is 1. The molecule has 5 rings (SSSR count). The van der Waals surface area contributed by atoms with E-state index in [1.807, 2.05) is 12.4 Å². The zero-order chi connectivity index (χ0) is 16.1. The number of aromatic nitrogens is 2. The second-order valence-electron chi connectivity index (χ2n) is 7.01. The van der Waals surface area contributed by atoms with Crippen LogP contribution < -0.4 is 0 Å². The summed E-state index contributed by atoms with van der Waals surface area (Å²) in [6.45, 7) is 2.36. The molecule has 0 aliphatic heterocycles. The molecule has 1 atom stereocenters. The van der Waals surface area contributed by atoms with E-state index in [2.05, 4.69) is 59.6 Å². The molecule has 1 N–H and O–H groups in total. The van der Waals surface area contributed by atoms with E-state index in [0.29, 0.717) is 5.92 Å². The highest BCUT2D eigenvalue weighted by Crippen LogP contribution is 2.38. The minimum Gasteiger partial charge on any atom is -0.285 e. The number of aromatic amines is 1. The summed E-state index contributed by atoms with van der Waals surface area (Å²) in [5.74, 6) is 0.692. The predicted molar refractivity (Wildman–Crippen MR) is 100 cm³/mol. The molecule has 0 spiro atoms. The van der Waals surface area contributed by atoms with Gasteiger partial charge in [0, 0.05) is 11.8 Å². The van der Waals surface area contributed by atoms with Crippen LogP contribution in [0.2, 0.25) is 0 Å². The molecule has 1 aliphatic carbocycles. The lowest BCUT2D eigenvalue weighted by molar-refractivity contribution is 0.593. The Morgan fingerprint density at radius 3 is 2.71 bits per heavy atom. The van der Waals surface area contributed by atoms with Gasteiger partial charge in [-0.05, 0) is 69.5 Å². The zero-order valence-corrected chi connectivity index (χ0v) is 13.8. The van der Waals surface area contributed by atoms with Crippen LogP contribution in [0.1, 0.15) is 36.8 Å². The highest BCUT2D eigenvalue weighted by atomic mass is 15.1. The van der Waals surface area contributed by atoms with Gasteiger partial charge in [0.15, 0.2) is 0 Å². The lowest BCUT2D eigenvalue weighted by atomic mass is 9.81. The highest BCUT2D eigenvalue weighted by molar-refractivity contribution is 6.09. The van der Waals surface area contributed by atoms with E-state index in [0.717, 1.165) is 5.56 Å². The van der Waals surface area contributed by atoms with Crippen LogP contribution in [0, 0.1) is 0 Å². The van der Waals surface area contributed by atoms with Crippen molar-refractivity contribution in [3.05, 3.63) is 66.0 Å². The van der Waals surface area contributed by atoms with Gasteiger partial charge in [-0.1, -0.05) is 43.3 Å². The van der Waals surface area contributed by atoms with Crippen molar-refractivity contribution >= 4 is 21.5 Å². The third-order valence-corrected chi connectivity index (χ3v) is 5.59. The summed E-state index contributed by atoms with van der Waals surface area (Å²) in [6.07, 6.45) is 7.67. The molecule has 0 bridgehead atoms. The second-order valence-corrected chi connectivity index (χ2v) is 7.01. The van der Waals surface area contributed by atoms with Gasteiger partial charge < -0.3 is 0 Å². The number of benzene rings is 3. The molecule has 1 heterocycles. The van der Waals surface area contributed by atoms with Gasteiger partial charge in [-0.2, -0.15) is 5.10 Å². The van der Waals surface area contributed by atoms with E-state index in [1.165, 1.54) is 46.4 Å². The Balaban J connectivity index is 1.76. The zero-order valence-electron chi connectivity index (χ0n) is 13.8. The summed E-state index contributed by atoms with van der Waals surface area (Å²) in [5.41, 5.74) is 5.48. The molecule has 0 saturated carbocycles. The molecule has 1 unspecified atom stereocenters. The summed E-state index contributed by atoms with van der Waals surface area (Å²) in [6, 6.07) is 16.0. The van der Waals surface area contributed by atoms with E-state index in [9.17, 15) is 0 Å². The van der Waals surface area contributed by atoms with Crippen LogP contribution in [0.15, 0.2) is 54.9 Å². The fraction of sp³-hybridized carbons (Fsp3) is 0.227. The number of H-pyrrole nitrogens is 1. The average molecular weight is 312 g/mol. The Labute approximate surface area is 141 Å². The van der Waals surface area contributed by atoms with E-state index >= 15 is 0 Å². The van der Waals surface area contributed by atoms with Crippen LogP contribution in [0.4, 0.5) is 0 Å². The van der Waals surface area contributed by atoms with E-state index in [-0.39, 0.29) is 0 Å². The maximum atomic E-state index is 4.06. The molecular weight excluding hydrogens is 292 g/mol. The van der Waals surface area contributed by atoms with Crippen molar-refractivity contribution in [3.63, 3.8) is 0 Å². The lowest BCUT2D eigenvalue weighted by Crippen LogP contribution is -2.07. The second kappa shape index (κ2) is 5.20. The quantitative estimate of drug-likeness (QED) is 0.441.